The number of hydrogen-bond acceptors (Lipinski definition) is 2. The summed E-state index contributed by atoms with van der Waals surface area (Å²) in [4.78, 5) is 0. The van der Waals surface area contributed by atoms with Gasteiger partial charge < -0.3 is 5.84 Å². The maximum absolute atomic E-state index is 4.75. The Kier molecular flexibility index (Phi) is 4.82. The van der Waals surface area contributed by atoms with Crippen LogP contribution in [0.15, 0.2) is 13.5 Å². The lowest BCUT2D eigenvalue weighted by atomic mass is 10.5. The summed E-state index contributed by atoms with van der Waals surface area (Å²) in [6.07, 6.45) is 0.768. The molecule has 0 aliphatic carbocycles. The van der Waals surface area contributed by atoms with Crippen molar-refractivity contribution in [3.8, 4) is 0 Å². The second-order valence-electron chi connectivity index (χ2n) is 1.07. The van der Waals surface area contributed by atoms with E-state index in [9.17, 15) is 0 Å². The van der Waals surface area contributed by atoms with Crippen molar-refractivity contribution < 1.29 is 0 Å². The molecule has 0 atom stereocenters. The molecular weight excluding hydrogens is 219 g/mol. The molecule has 8 heavy (non-hydrogen) atoms. The zero-order valence-corrected chi connectivity index (χ0v) is 6.66. The average molecular weight is 226 g/mol. The Hall–Kier alpha value is -0.200. The molecule has 0 radical (unpaired) electrons. The van der Waals surface area contributed by atoms with Crippen LogP contribution in [0.25, 0.3) is 0 Å². The largest absolute Gasteiger partial charge is 0.305 e. The Morgan fingerprint density at radius 3 is 2.50 bits per heavy atom. The monoisotopic (exact) mass is 226 g/mol. The number of hydrogen-bond donors (Lipinski definition) is 1. The van der Waals surface area contributed by atoms with Crippen molar-refractivity contribution in [2.24, 2.45) is 19.4 Å². The molecule has 0 amide bonds. The van der Waals surface area contributed by atoms with Crippen LogP contribution in [-0.2, 0) is 0 Å². The lowest BCUT2D eigenvalue weighted by Crippen LogP contribution is -1.88. The van der Waals surface area contributed by atoms with Gasteiger partial charge in [0.1, 0.15) is 0 Å². The number of amidine groups is 1. The predicted molar refractivity (Wildman–Crippen MR) is 40.8 cm³/mol. The fraction of sp³-hybridized carbons (Fsp3) is 0.667. The van der Waals surface area contributed by atoms with Gasteiger partial charge in [-0.25, -0.2) is 0 Å². The summed E-state index contributed by atoms with van der Waals surface area (Å²) < 4.78 is 3.74. The zero-order chi connectivity index (χ0) is 6.41. The van der Waals surface area contributed by atoms with E-state index in [1.165, 1.54) is 0 Å². The van der Waals surface area contributed by atoms with Crippen molar-refractivity contribution in [1.29, 1.82) is 0 Å². The highest BCUT2D eigenvalue weighted by Crippen LogP contribution is 1.92. The summed E-state index contributed by atoms with van der Waals surface area (Å²) in [6, 6.07) is 0. The molecule has 0 unspecified atom stereocenters. The second-order valence-corrected chi connectivity index (χ2v) is 1.55. The molecule has 0 fully saturated rings. The summed E-state index contributed by atoms with van der Waals surface area (Å²) in [7, 11) is 0. The molecule has 0 aromatic carbocycles. The van der Waals surface area contributed by atoms with E-state index in [1.54, 1.807) is 0 Å². The number of nitrogens with two attached hydrogens (primary N) is 1. The van der Waals surface area contributed by atoms with Gasteiger partial charge in [-0.3, -0.25) is 0 Å². The van der Waals surface area contributed by atoms with Gasteiger partial charge in [0.2, 0.25) is 0 Å². The van der Waals surface area contributed by atoms with Gasteiger partial charge in [0, 0.05) is 6.42 Å². The van der Waals surface area contributed by atoms with E-state index in [0.29, 0.717) is 5.84 Å². The van der Waals surface area contributed by atoms with Crippen molar-refractivity contribution >= 4 is 28.7 Å². The molecule has 4 nitrogen and oxygen atoms in total. The van der Waals surface area contributed by atoms with E-state index in [-0.39, 0.29) is 0 Å². The lowest BCUT2D eigenvalue weighted by Gasteiger charge is -1.84. The van der Waals surface area contributed by atoms with Gasteiger partial charge in [-0.15, -0.1) is 5.11 Å². The topological polar surface area (TPSA) is 63.1 Å². The third-order valence-corrected chi connectivity index (χ3v) is 1.14. The van der Waals surface area contributed by atoms with Crippen LogP contribution in [0, 0.1) is 0 Å². The standard InChI is InChI=1S/C3H7IN4/c1-2-3(6-4)7-8-5/h2H2,1H3,(H2,5,6,7). The van der Waals surface area contributed by atoms with Crippen LogP contribution in [0.1, 0.15) is 13.3 Å². The van der Waals surface area contributed by atoms with Crippen molar-refractivity contribution in [1.82, 2.24) is 0 Å². The SMILES string of the molecule is CCC(N=NN)=NI. The van der Waals surface area contributed by atoms with E-state index in [4.69, 9.17) is 5.84 Å². The Morgan fingerprint density at radius 2 is 2.38 bits per heavy atom. The van der Waals surface area contributed by atoms with Crippen molar-refractivity contribution in [3.63, 3.8) is 0 Å². The first-order valence-corrected chi connectivity index (χ1v) is 3.10. The maximum Gasteiger partial charge on any atom is 0.158 e. The maximum atomic E-state index is 4.75. The quantitative estimate of drug-likeness (QED) is 0.180. The molecule has 0 aromatic heterocycles. The van der Waals surface area contributed by atoms with E-state index in [1.807, 2.05) is 29.8 Å². The molecule has 0 bridgehead atoms. The highest BCUT2D eigenvalue weighted by Gasteiger charge is 1.86. The summed E-state index contributed by atoms with van der Waals surface area (Å²) in [5.41, 5.74) is 0. The van der Waals surface area contributed by atoms with Gasteiger partial charge in [0.25, 0.3) is 0 Å². The van der Waals surface area contributed by atoms with Crippen LogP contribution in [0.2, 0.25) is 0 Å². The highest BCUT2D eigenvalue weighted by atomic mass is 127. The summed E-state index contributed by atoms with van der Waals surface area (Å²) in [5.74, 6) is 5.42. The first kappa shape index (κ1) is 7.80. The van der Waals surface area contributed by atoms with Crippen molar-refractivity contribution in [3.05, 3.63) is 0 Å². The smallest absolute Gasteiger partial charge is 0.158 e. The first-order chi connectivity index (χ1) is 3.85. The van der Waals surface area contributed by atoms with Crippen molar-refractivity contribution in [2.45, 2.75) is 13.3 Å². The van der Waals surface area contributed by atoms with Crippen LogP contribution >= 0.6 is 22.9 Å². The molecule has 2 N–H and O–H groups in total. The normalized spacial score (nSPS) is 13.0. The van der Waals surface area contributed by atoms with Gasteiger partial charge in [-0.05, 0) is 0 Å². The zero-order valence-electron chi connectivity index (χ0n) is 4.50. The van der Waals surface area contributed by atoms with Gasteiger partial charge in [-0.2, -0.15) is 3.21 Å². The van der Waals surface area contributed by atoms with Crippen LogP contribution in [0.4, 0.5) is 0 Å². The summed E-state index contributed by atoms with van der Waals surface area (Å²) in [5, 5.41) is 6.57. The molecular formula is C3H7IN4. The van der Waals surface area contributed by atoms with Gasteiger partial charge in [0.15, 0.2) is 5.84 Å². The van der Waals surface area contributed by atoms with Crippen LogP contribution in [0.5, 0.6) is 0 Å². The number of nitrogens with zero attached hydrogens (tertiary/aromatic N) is 3. The molecule has 46 valence electrons. The van der Waals surface area contributed by atoms with E-state index < -0.39 is 0 Å². The molecule has 0 spiro atoms. The van der Waals surface area contributed by atoms with Crippen LogP contribution in [0.3, 0.4) is 0 Å². The molecule has 5 heteroatoms. The summed E-state index contributed by atoms with van der Waals surface area (Å²) in [6.45, 7) is 1.94. The molecule has 0 aromatic rings. The Morgan fingerprint density at radius 1 is 1.75 bits per heavy atom. The molecule has 0 rings (SSSR count). The minimum Gasteiger partial charge on any atom is -0.305 e. The van der Waals surface area contributed by atoms with Gasteiger partial charge in [0.05, 0.1) is 22.9 Å². The Bertz CT molecular complexity index is 105. The lowest BCUT2D eigenvalue weighted by molar-refractivity contribution is 1.06. The fourth-order valence-corrected chi connectivity index (χ4v) is 0.652. The van der Waals surface area contributed by atoms with Crippen molar-refractivity contribution in [2.75, 3.05) is 0 Å². The highest BCUT2D eigenvalue weighted by molar-refractivity contribution is 14.1. The van der Waals surface area contributed by atoms with Gasteiger partial charge >= 0.3 is 0 Å². The van der Waals surface area contributed by atoms with Crippen LogP contribution < -0.4 is 5.84 Å². The Balaban J connectivity index is 3.72. The number of halogens is 1. The average Bonchev–Trinajstić information content (AvgIpc) is 1.83. The molecule has 0 saturated carbocycles. The third kappa shape index (κ3) is 2.89. The molecule has 0 heterocycles. The predicted octanol–water partition coefficient (Wildman–Crippen LogP) is 1.47. The fourth-order valence-electron chi connectivity index (χ4n) is 0.214. The minimum absolute atomic E-state index is 0.660. The number of rotatable bonds is 1. The third-order valence-electron chi connectivity index (χ3n) is 0.587. The van der Waals surface area contributed by atoms with Gasteiger partial charge in [-0.1, -0.05) is 12.1 Å². The molecule has 0 saturated heterocycles. The molecule has 0 aliphatic rings. The van der Waals surface area contributed by atoms with E-state index in [2.05, 4.69) is 13.5 Å². The van der Waals surface area contributed by atoms with Crippen LogP contribution in [-0.4, -0.2) is 5.84 Å². The minimum atomic E-state index is 0.660. The summed E-state index contributed by atoms with van der Waals surface area (Å²) >= 11 is 1.85. The van der Waals surface area contributed by atoms with E-state index in [0.717, 1.165) is 6.42 Å². The first-order valence-electron chi connectivity index (χ1n) is 2.14. The molecule has 0 aliphatic heterocycles. The Labute approximate surface area is 61.7 Å². The van der Waals surface area contributed by atoms with E-state index >= 15 is 0 Å². The second kappa shape index (κ2) is 4.95.